The Balaban J connectivity index is 1.46. The summed E-state index contributed by atoms with van der Waals surface area (Å²) in [5.41, 5.74) is 4.32. The molecule has 4 rings (SSSR count). The molecule has 2 atom stereocenters. The third-order valence-corrected chi connectivity index (χ3v) is 8.30. The van der Waals surface area contributed by atoms with Crippen LogP contribution < -0.4 is 10.8 Å². The number of benzene rings is 2. The second kappa shape index (κ2) is 12.4. The number of likely N-dealkylation sites (N-methyl/N-ethyl adjacent to an activating group) is 1. The van der Waals surface area contributed by atoms with E-state index in [1.54, 1.807) is 17.4 Å². The smallest absolute Gasteiger partial charge is 0.244 e. The van der Waals surface area contributed by atoms with Crippen LogP contribution in [-0.2, 0) is 20.8 Å². The number of hydrogen-bond donors (Lipinski definition) is 3. The fraction of sp³-hybridized carbons (Fsp3) is 0.500. The molecule has 2 unspecified atom stereocenters. The average Bonchev–Trinajstić information content (AvgIpc) is 3.25. The first-order chi connectivity index (χ1) is 18.0. The van der Waals surface area contributed by atoms with E-state index in [9.17, 15) is 19.6 Å². The van der Waals surface area contributed by atoms with Gasteiger partial charge in [-0.05, 0) is 61.1 Å². The minimum absolute atomic E-state index is 0.0725. The molecule has 2 aromatic carbocycles. The van der Waals surface area contributed by atoms with E-state index in [0.717, 1.165) is 50.5 Å². The van der Waals surface area contributed by atoms with E-state index in [1.807, 2.05) is 18.2 Å². The van der Waals surface area contributed by atoms with Gasteiger partial charge in [0, 0.05) is 20.0 Å². The quantitative estimate of drug-likeness (QED) is 0.327. The number of aryl methyl sites for hydroxylation is 1. The molecular weight excluding hydrogens is 466 g/mol. The first-order valence-electron chi connectivity index (χ1n) is 13.6. The molecule has 7 nitrogen and oxygen atoms in total. The van der Waals surface area contributed by atoms with E-state index in [0.29, 0.717) is 19.4 Å². The summed E-state index contributed by atoms with van der Waals surface area (Å²) in [6.07, 6.45) is 7.66. The number of nitrogens with one attached hydrogen (secondary N) is 2. The summed E-state index contributed by atoms with van der Waals surface area (Å²) < 4.78 is 0. The van der Waals surface area contributed by atoms with Crippen molar-refractivity contribution >= 4 is 17.7 Å². The lowest BCUT2D eigenvalue weighted by Gasteiger charge is -2.36. The van der Waals surface area contributed by atoms with Crippen molar-refractivity contribution in [3.8, 4) is 11.1 Å². The van der Waals surface area contributed by atoms with Crippen LogP contribution in [0.1, 0.15) is 63.4 Å². The fourth-order valence-corrected chi connectivity index (χ4v) is 6.28. The molecule has 0 spiro atoms. The molecule has 3 amide bonds. The van der Waals surface area contributed by atoms with Crippen LogP contribution in [0.15, 0.2) is 54.6 Å². The summed E-state index contributed by atoms with van der Waals surface area (Å²) in [6.45, 7) is 0.456. The normalized spacial score (nSPS) is 21.0. The standard InChI is InChI=1S/C30H39N3O4/c1-31-28(35)27(25-12-6-3-7-13-25)33-20-19-30(29(33)36,21-26(34)32-37)18-8-9-22-14-16-24(17-15-22)23-10-4-2-5-11-23/h2,4-5,10-11,14-17,25,27,37H,3,6-9,12-13,18-21H2,1H3,(H,31,35)(H,32,34). The van der Waals surface area contributed by atoms with Crippen molar-refractivity contribution in [2.24, 2.45) is 11.3 Å². The molecule has 0 bridgehead atoms. The van der Waals surface area contributed by atoms with Gasteiger partial charge in [-0.2, -0.15) is 0 Å². The summed E-state index contributed by atoms with van der Waals surface area (Å²) >= 11 is 0. The summed E-state index contributed by atoms with van der Waals surface area (Å²) in [5, 5.41) is 12.0. The molecule has 198 valence electrons. The minimum Gasteiger partial charge on any atom is -0.357 e. The van der Waals surface area contributed by atoms with Gasteiger partial charge < -0.3 is 10.2 Å². The first kappa shape index (κ1) is 26.9. The van der Waals surface area contributed by atoms with Gasteiger partial charge in [0.2, 0.25) is 17.7 Å². The Bertz CT molecular complexity index is 1070. The fourth-order valence-electron chi connectivity index (χ4n) is 6.28. The van der Waals surface area contributed by atoms with Crippen molar-refractivity contribution in [1.29, 1.82) is 0 Å². The van der Waals surface area contributed by atoms with E-state index in [4.69, 9.17) is 0 Å². The van der Waals surface area contributed by atoms with Crippen molar-refractivity contribution in [2.45, 2.75) is 70.3 Å². The zero-order valence-electron chi connectivity index (χ0n) is 21.7. The second-order valence-electron chi connectivity index (χ2n) is 10.6. The Kier molecular flexibility index (Phi) is 8.98. The van der Waals surface area contributed by atoms with Crippen LogP contribution in [-0.4, -0.2) is 47.5 Å². The van der Waals surface area contributed by atoms with E-state index >= 15 is 0 Å². The third kappa shape index (κ3) is 6.21. The molecule has 3 N–H and O–H groups in total. The van der Waals surface area contributed by atoms with Gasteiger partial charge in [-0.1, -0.05) is 73.9 Å². The van der Waals surface area contributed by atoms with Crippen molar-refractivity contribution in [1.82, 2.24) is 15.7 Å². The second-order valence-corrected chi connectivity index (χ2v) is 10.6. The number of hydroxylamine groups is 1. The SMILES string of the molecule is CNC(=O)C(C1CCCCC1)N1CCC(CCCc2ccc(-c3ccccc3)cc2)(CC(=O)NO)C1=O. The minimum atomic E-state index is -0.905. The largest absolute Gasteiger partial charge is 0.357 e. The van der Waals surface area contributed by atoms with Gasteiger partial charge in [0.25, 0.3) is 0 Å². The number of carbonyl (C=O) groups excluding carboxylic acids is 3. The molecule has 0 radical (unpaired) electrons. The monoisotopic (exact) mass is 505 g/mol. The number of hydrogen-bond acceptors (Lipinski definition) is 4. The van der Waals surface area contributed by atoms with E-state index in [2.05, 4.69) is 41.7 Å². The van der Waals surface area contributed by atoms with Gasteiger partial charge >= 0.3 is 0 Å². The highest BCUT2D eigenvalue weighted by Gasteiger charge is 2.51. The van der Waals surface area contributed by atoms with Crippen molar-refractivity contribution < 1.29 is 19.6 Å². The van der Waals surface area contributed by atoms with Crippen LogP contribution >= 0.6 is 0 Å². The highest BCUT2D eigenvalue weighted by Crippen LogP contribution is 2.43. The van der Waals surface area contributed by atoms with Gasteiger partial charge in [-0.15, -0.1) is 0 Å². The number of amides is 3. The van der Waals surface area contributed by atoms with Crippen LogP contribution in [0.2, 0.25) is 0 Å². The van der Waals surface area contributed by atoms with Crippen molar-refractivity contribution in [3.63, 3.8) is 0 Å². The number of rotatable bonds is 10. The van der Waals surface area contributed by atoms with Gasteiger partial charge in [-0.25, -0.2) is 5.48 Å². The molecule has 2 aromatic rings. The number of carbonyl (C=O) groups is 3. The lowest BCUT2D eigenvalue weighted by molar-refractivity contribution is -0.148. The highest BCUT2D eigenvalue weighted by molar-refractivity contribution is 5.94. The maximum Gasteiger partial charge on any atom is 0.244 e. The van der Waals surface area contributed by atoms with Crippen LogP contribution in [0.25, 0.3) is 11.1 Å². The zero-order chi connectivity index (χ0) is 26.3. The van der Waals surface area contributed by atoms with Crippen LogP contribution in [0.4, 0.5) is 0 Å². The predicted molar refractivity (Wildman–Crippen MR) is 143 cm³/mol. The van der Waals surface area contributed by atoms with E-state index in [-0.39, 0.29) is 24.2 Å². The van der Waals surface area contributed by atoms with Crippen LogP contribution in [0.5, 0.6) is 0 Å². The number of nitrogens with zero attached hydrogens (tertiary/aromatic N) is 1. The maximum absolute atomic E-state index is 13.9. The summed E-state index contributed by atoms with van der Waals surface area (Å²) in [7, 11) is 1.62. The Morgan fingerprint density at radius 2 is 1.70 bits per heavy atom. The van der Waals surface area contributed by atoms with E-state index in [1.165, 1.54) is 11.1 Å². The highest BCUT2D eigenvalue weighted by atomic mass is 16.5. The van der Waals surface area contributed by atoms with Crippen molar-refractivity contribution in [2.75, 3.05) is 13.6 Å². The van der Waals surface area contributed by atoms with Gasteiger partial charge in [-0.3, -0.25) is 19.6 Å². The molecule has 1 saturated heterocycles. The Morgan fingerprint density at radius 1 is 1.03 bits per heavy atom. The van der Waals surface area contributed by atoms with Gasteiger partial charge in [0.05, 0.1) is 5.41 Å². The number of likely N-dealkylation sites (tertiary alicyclic amines) is 1. The topological polar surface area (TPSA) is 98.7 Å². The lowest BCUT2D eigenvalue weighted by atomic mass is 9.77. The lowest BCUT2D eigenvalue weighted by Crippen LogP contribution is -2.53. The predicted octanol–water partition coefficient (Wildman–Crippen LogP) is 4.49. The molecule has 37 heavy (non-hydrogen) atoms. The van der Waals surface area contributed by atoms with Crippen molar-refractivity contribution in [3.05, 3.63) is 60.2 Å². The summed E-state index contributed by atoms with van der Waals surface area (Å²) in [6, 6.07) is 18.2. The molecule has 7 heteroatoms. The molecule has 1 aliphatic heterocycles. The Morgan fingerprint density at radius 3 is 2.35 bits per heavy atom. The molecule has 1 heterocycles. The maximum atomic E-state index is 13.9. The molecule has 0 aromatic heterocycles. The Hall–Kier alpha value is -3.19. The molecular formula is C30H39N3O4. The van der Waals surface area contributed by atoms with Crippen LogP contribution in [0.3, 0.4) is 0 Å². The Labute approximate surface area is 219 Å². The van der Waals surface area contributed by atoms with E-state index < -0.39 is 17.4 Å². The summed E-state index contributed by atoms with van der Waals surface area (Å²) in [5.74, 6) is -0.671. The van der Waals surface area contributed by atoms with Gasteiger partial charge in [0.1, 0.15) is 6.04 Å². The average molecular weight is 506 g/mol. The van der Waals surface area contributed by atoms with Gasteiger partial charge in [0.15, 0.2) is 0 Å². The molecule has 2 aliphatic rings. The first-order valence-corrected chi connectivity index (χ1v) is 13.6. The molecule has 1 aliphatic carbocycles. The van der Waals surface area contributed by atoms with Crippen LogP contribution in [0, 0.1) is 11.3 Å². The summed E-state index contributed by atoms with van der Waals surface area (Å²) in [4.78, 5) is 40.9. The third-order valence-electron chi connectivity index (χ3n) is 8.30. The molecule has 1 saturated carbocycles. The molecule has 2 fully saturated rings. The zero-order valence-corrected chi connectivity index (χ0v) is 21.7.